The number of aromatic nitrogens is 3. The summed E-state index contributed by atoms with van der Waals surface area (Å²) in [5.74, 6) is 4.88. The predicted molar refractivity (Wildman–Crippen MR) is 127 cm³/mol. The van der Waals surface area contributed by atoms with Crippen molar-refractivity contribution in [2.45, 2.75) is 40.7 Å². The number of anilines is 2. The van der Waals surface area contributed by atoms with E-state index in [1.165, 1.54) is 17.1 Å². The molecule has 0 aliphatic carbocycles. The number of amidine groups is 1. The molecule has 2 aromatic heterocycles. The lowest BCUT2D eigenvalue weighted by molar-refractivity contribution is 0.102. The number of benzene rings is 1. The fourth-order valence-corrected chi connectivity index (χ4v) is 3.20. The molecule has 5 N–H and O–H groups in total. The number of amides is 1. The van der Waals surface area contributed by atoms with Gasteiger partial charge in [0.05, 0.1) is 17.6 Å². The van der Waals surface area contributed by atoms with Crippen molar-refractivity contribution in [2.24, 2.45) is 11.8 Å². The number of hydrogen-bond acceptors (Lipinski definition) is 6. The van der Waals surface area contributed by atoms with Crippen molar-refractivity contribution < 1.29 is 9.18 Å². The first-order chi connectivity index (χ1) is 15.6. The highest BCUT2D eigenvalue weighted by Gasteiger charge is 2.19. The molecule has 3 rings (SSSR count). The Morgan fingerprint density at radius 3 is 2.58 bits per heavy atom. The van der Waals surface area contributed by atoms with Gasteiger partial charge in [0.1, 0.15) is 17.5 Å². The molecule has 3 aromatic rings. The van der Waals surface area contributed by atoms with E-state index in [4.69, 9.17) is 11.3 Å². The lowest BCUT2D eigenvalue weighted by atomic mass is 10.0. The molecule has 10 heteroatoms. The van der Waals surface area contributed by atoms with E-state index < -0.39 is 11.7 Å². The fraction of sp³-hybridized carbons (Fsp3) is 0.304. The van der Waals surface area contributed by atoms with E-state index in [2.05, 4.69) is 20.8 Å². The lowest BCUT2D eigenvalue weighted by Gasteiger charge is -2.24. The Hall–Kier alpha value is -3.63. The highest BCUT2D eigenvalue weighted by atomic mass is 19.1. The van der Waals surface area contributed by atoms with E-state index in [9.17, 15) is 9.18 Å². The molecule has 0 aliphatic rings. The van der Waals surface area contributed by atoms with Gasteiger partial charge in [-0.2, -0.15) is 5.53 Å². The number of nitrogens with one attached hydrogen (secondary N) is 3. The van der Waals surface area contributed by atoms with E-state index >= 15 is 0 Å². The zero-order chi connectivity index (χ0) is 24.3. The van der Waals surface area contributed by atoms with Crippen molar-refractivity contribution >= 4 is 23.4 Å². The number of carbonyl (C=O) groups excluding carboxylic acids is 1. The molecule has 0 unspecified atom stereocenters. The molecule has 174 valence electrons. The summed E-state index contributed by atoms with van der Waals surface area (Å²) < 4.78 is 16.7. The van der Waals surface area contributed by atoms with E-state index in [-0.39, 0.29) is 29.2 Å². The largest absolute Gasteiger partial charge is 0.334 e. The molecule has 0 saturated carbocycles. The lowest BCUT2D eigenvalue weighted by Crippen LogP contribution is -2.49. The molecule has 0 aliphatic heterocycles. The molecule has 0 bridgehead atoms. The normalized spacial score (nSPS) is 11.2. The third kappa shape index (κ3) is 5.24. The molecule has 0 radical (unpaired) electrons. The van der Waals surface area contributed by atoms with Crippen molar-refractivity contribution in [1.29, 1.82) is 5.41 Å². The van der Waals surface area contributed by atoms with Gasteiger partial charge in [0.2, 0.25) is 0 Å². The van der Waals surface area contributed by atoms with E-state index in [1.807, 2.05) is 38.5 Å². The molecule has 9 nitrogen and oxygen atoms in total. The van der Waals surface area contributed by atoms with Crippen LogP contribution in [0, 0.1) is 24.1 Å². The molecule has 33 heavy (non-hydrogen) atoms. The number of nitrogens with zero attached hydrogens (tertiary/aromatic N) is 4. The fourth-order valence-electron chi connectivity index (χ4n) is 3.20. The third-order valence-corrected chi connectivity index (χ3v) is 5.15. The average Bonchev–Trinajstić information content (AvgIpc) is 3.24. The van der Waals surface area contributed by atoms with Gasteiger partial charge in [-0.05, 0) is 50.6 Å². The second-order valence-corrected chi connectivity index (χ2v) is 8.29. The van der Waals surface area contributed by atoms with Gasteiger partial charge in [-0.15, -0.1) is 0 Å². The third-order valence-electron chi connectivity index (χ3n) is 5.15. The number of hydrogen-bond donors (Lipinski definition) is 4. The number of hydrazine groups is 2. The van der Waals surface area contributed by atoms with Gasteiger partial charge in [0, 0.05) is 23.7 Å². The topological polar surface area (TPSA) is 125 Å². The average molecular weight is 453 g/mol. The first kappa shape index (κ1) is 24.0. The summed E-state index contributed by atoms with van der Waals surface area (Å²) in [4.78, 5) is 21.7. The van der Waals surface area contributed by atoms with E-state index in [0.29, 0.717) is 22.6 Å². The maximum atomic E-state index is 14.7. The van der Waals surface area contributed by atoms with Gasteiger partial charge in [-0.3, -0.25) is 16.0 Å². The number of pyridine rings is 1. The van der Waals surface area contributed by atoms with Gasteiger partial charge in [0.15, 0.2) is 5.82 Å². The van der Waals surface area contributed by atoms with Crippen LogP contribution in [0.5, 0.6) is 0 Å². The van der Waals surface area contributed by atoms with E-state index in [1.54, 1.807) is 31.5 Å². The standard InChI is InChI=1S/C23H29FN8O/c1-13(2)22(25)32(30-26)21-8-6-7-20(28-21)29-23(33)17-10-16(15(5)9-18(17)24)19-11-31(12-27-19)14(3)4/h6-14,25,30H,26H2,1-5H3,(H,28,29,33). The highest BCUT2D eigenvalue weighted by Crippen LogP contribution is 2.26. The Labute approximate surface area is 192 Å². The minimum atomic E-state index is -0.645. The van der Waals surface area contributed by atoms with Gasteiger partial charge >= 0.3 is 0 Å². The van der Waals surface area contributed by atoms with Crippen molar-refractivity contribution in [3.05, 3.63) is 59.8 Å². The zero-order valence-electron chi connectivity index (χ0n) is 19.3. The van der Waals surface area contributed by atoms with Crippen molar-refractivity contribution in [3.63, 3.8) is 0 Å². The quantitative estimate of drug-likeness (QED) is 0.186. The van der Waals surface area contributed by atoms with Crippen LogP contribution >= 0.6 is 0 Å². The summed E-state index contributed by atoms with van der Waals surface area (Å²) in [5, 5.41) is 12.1. The second-order valence-electron chi connectivity index (χ2n) is 8.29. The van der Waals surface area contributed by atoms with Gasteiger partial charge in [0.25, 0.3) is 5.91 Å². The maximum absolute atomic E-state index is 14.7. The van der Waals surface area contributed by atoms with Crippen LogP contribution in [0.15, 0.2) is 42.9 Å². The molecule has 1 aromatic carbocycles. The number of halogens is 1. The van der Waals surface area contributed by atoms with Crippen LogP contribution < -0.4 is 21.7 Å². The monoisotopic (exact) mass is 452 g/mol. The van der Waals surface area contributed by atoms with Crippen LogP contribution in [0.25, 0.3) is 11.3 Å². The minimum absolute atomic E-state index is 0.111. The molecule has 1 amide bonds. The maximum Gasteiger partial charge on any atom is 0.259 e. The smallest absolute Gasteiger partial charge is 0.259 e. The number of aryl methyl sites for hydroxylation is 1. The van der Waals surface area contributed by atoms with Crippen LogP contribution in [-0.2, 0) is 0 Å². The van der Waals surface area contributed by atoms with Crippen molar-refractivity contribution in [3.8, 4) is 11.3 Å². The Kier molecular flexibility index (Phi) is 7.19. The van der Waals surface area contributed by atoms with Crippen LogP contribution in [-0.4, -0.2) is 26.3 Å². The first-order valence-electron chi connectivity index (χ1n) is 10.6. The predicted octanol–water partition coefficient (Wildman–Crippen LogP) is 4.04. The van der Waals surface area contributed by atoms with Crippen LogP contribution in [0.1, 0.15) is 49.7 Å². The molecular weight excluding hydrogens is 423 g/mol. The Balaban J connectivity index is 1.89. The minimum Gasteiger partial charge on any atom is -0.334 e. The second kappa shape index (κ2) is 9.88. The van der Waals surface area contributed by atoms with Gasteiger partial charge in [-0.25, -0.2) is 19.4 Å². The number of imidazole rings is 1. The number of carbonyl (C=O) groups is 1. The SMILES string of the molecule is Cc1cc(F)c(C(=O)Nc2cccc(N(NN)C(=N)C(C)C)n2)cc1-c1cn(C(C)C)cn1. The highest BCUT2D eigenvalue weighted by molar-refractivity contribution is 6.05. The zero-order valence-corrected chi connectivity index (χ0v) is 19.3. The Morgan fingerprint density at radius 1 is 1.24 bits per heavy atom. The summed E-state index contributed by atoms with van der Waals surface area (Å²) in [6.07, 6.45) is 3.58. The molecule has 2 heterocycles. The van der Waals surface area contributed by atoms with Crippen molar-refractivity contribution in [2.75, 3.05) is 10.3 Å². The summed E-state index contributed by atoms with van der Waals surface area (Å²) in [7, 11) is 0. The van der Waals surface area contributed by atoms with Crippen LogP contribution in [0.4, 0.5) is 16.0 Å². The summed E-state index contributed by atoms with van der Waals surface area (Å²) in [5.41, 5.74) is 4.32. The molecule has 0 saturated heterocycles. The number of rotatable bonds is 7. The molecule has 0 spiro atoms. The Bertz CT molecular complexity index is 1170. The van der Waals surface area contributed by atoms with Gasteiger partial charge < -0.3 is 9.88 Å². The molecule has 0 atom stereocenters. The van der Waals surface area contributed by atoms with Crippen LogP contribution in [0.2, 0.25) is 0 Å². The van der Waals surface area contributed by atoms with Crippen molar-refractivity contribution in [1.82, 2.24) is 20.1 Å². The molecule has 0 fully saturated rings. The first-order valence-corrected chi connectivity index (χ1v) is 10.6. The van der Waals surface area contributed by atoms with Crippen LogP contribution in [0.3, 0.4) is 0 Å². The summed E-state index contributed by atoms with van der Waals surface area (Å²) in [6.45, 7) is 9.54. The number of nitrogens with two attached hydrogens (primary N) is 1. The summed E-state index contributed by atoms with van der Waals surface area (Å²) >= 11 is 0. The van der Waals surface area contributed by atoms with E-state index in [0.717, 1.165) is 0 Å². The molecular formula is C23H29FN8O. The van der Waals surface area contributed by atoms with Gasteiger partial charge in [-0.1, -0.05) is 19.9 Å². The summed E-state index contributed by atoms with van der Waals surface area (Å²) in [6, 6.07) is 7.93. The Morgan fingerprint density at radius 2 is 1.97 bits per heavy atom.